The van der Waals surface area contributed by atoms with Crippen molar-refractivity contribution in [1.29, 1.82) is 0 Å². The van der Waals surface area contributed by atoms with E-state index in [-0.39, 0.29) is 6.29 Å². The Morgan fingerprint density at radius 1 is 1.31 bits per heavy atom. The molecular weight excluding hydrogens is 186 g/mol. The van der Waals surface area contributed by atoms with Gasteiger partial charge in [0.15, 0.2) is 6.29 Å². The Hall–Kier alpha value is 0.230. The van der Waals surface area contributed by atoms with Crippen LogP contribution in [0.15, 0.2) is 0 Å². The first-order chi connectivity index (χ1) is 6.24. The van der Waals surface area contributed by atoms with Gasteiger partial charge < -0.3 is 14.8 Å². The average Bonchev–Trinajstić information content (AvgIpc) is 2.16. The van der Waals surface area contributed by atoms with E-state index in [1.165, 1.54) is 5.75 Å². The van der Waals surface area contributed by atoms with E-state index in [0.29, 0.717) is 6.04 Å². The molecule has 0 radical (unpaired) electrons. The van der Waals surface area contributed by atoms with Gasteiger partial charge in [0.25, 0.3) is 0 Å². The molecule has 0 aliphatic carbocycles. The number of ether oxygens (including phenoxy) is 2. The molecule has 13 heavy (non-hydrogen) atoms. The largest absolute Gasteiger partial charge is 0.355 e. The minimum Gasteiger partial charge on any atom is -0.355 e. The second-order valence-corrected chi connectivity index (χ2v) is 4.19. The zero-order valence-electron chi connectivity index (χ0n) is 9.00. The second kappa shape index (κ2) is 8.81. The highest BCUT2D eigenvalue weighted by Crippen LogP contribution is 2.01. The van der Waals surface area contributed by atoms with Crippen molar-refractivity contribution >= 4 is 11.8 Å². The van der Waals surface area contributed by atoms with Crippen LogP contribution in [0.5, 0.6) is 0 Å². The van der Waals surface area contributed by atoms with Crippen molar-refractivity contribution in [3.8, 4) is 0 Å². The summed E-state index contributed by atoms with van der Waals surface area (Å²) < 4.78 is 10.1. The Bertz CT molecular complexity index is 110. The Morgan fingerprint density at radius 3 is 2.38 bits per heavy atom. The Kier molecular flexibility index (Phi) is 8.97. The third kappa shape index (κ3) is 7.31. The summed E-state index contributed by atoms with van der Waals surface area (Å²) in [5.41, 5.74) is 0. The lowest BCUT2D eigenvalue weighted by Gasteiger charge is -2.18. The maximum absolute atomic E-state index is 5.06. The molecule has 0 aromatic carbocycles. The van der Waals surface area contributed by atoms with E-state index in [1.54, 1.807) is 14.2 Å². The summed E-state index contributed by atoms with van der Waals surface area (Å²) >= 11 is 1.94. The minimum absolute atomic E-state index is 0.130. The summed E-state index contributed by atoms with van der Waals surface area (Å²) in [5.74, 6) is 2.31. The second-order valence-electron chi connectivity index (χ2n) is 2.87. The van der Waals surface area contributed by atoms with Gasteiger partial charge in [0, 0.05) is 32.6 Å². The van der Waals surface area contributed by atoms with E-state index in [1.807, 2.05) is 11.8 Å². The topological polar surface area (TPSA) is 30.5 Å². The maximum atomic E-state index is 5.06. The quantitative estimate of drug-likeness (QED) is 0.608. The molecule has 0 fully saturated rings. The molecule has 0 aromatic heterocycles. The van der Waals surface area contributed by atoms with Gasteiger partial charge in [-0.3, -0.25) is 0 Å². The zero-order chi connectivity index (χ0) is 10.1. The van der Waals surface area contributed by atoms with E-state index >= 15 is 0 Å². The molecule has 0 amide bonds. The van der Waals surface area contributed by atoms with Crippen LogP contribution in [0, 0.1) is 0 Å². The maximum Gasteiger partial charge on any atom is 0.169 e. The molecule has 0 saturated carbocycles. The van der Waals surface area contributed by atoms with E-state index in [2.05, 4.69) is 19.2 Å². The fraction of sp³-hybridized carbons (Fsp3) is 1.00. The fourth-order valence-electron chi connectivity index (χ4n) is 0.914. The molecule has 0 aromatic rings. The van der Waals surface area contributed by atoms with E-state index < -0.39 is 0 Å². The zero-order valence-corrected chi connectivity index (χ0v) is 9.82. The van der Waals surface area contributed by atoms with Crippen LogP contribution < -0.4 is 5.32 Å². The number of nitrogens with one attached hydrogen (secondary N) is 1. The summed E-state index contributed by atoms with van der Waals surface area (Å²) in [6.07, 6.45) is -0.130. The lowest BCUT2D eigenvalue weighted by Crippen LogP contribution is -2.36. The van der Waals surface area contributed by atoms with Gasteiger partial charge in [-0.25, -0.2) is 0 Å². The third-order valence-corrected chi connectivity index (χ3v) is 2.87. The van der Waals surface area contributed by atoms with Crippen molar-refractivity contribution in [2.75, 3.05) is 32.3 Å². The highest BCUT2D eigenvalue weighted by Gasteiger charge is 2.06. The molecule has 0 bridgehead atoms. The van der Waals surface area contributed by atoms with Crippen LogP contribution in [0.1, 0.15) is 13.8 Å². The Balaban J connectivity index is 3.38. The molecule has 4 heteroatoms. The monoisotopic (exact) mass is 207 g/mol. The first-order valence-electron chi connectivity index (χ1n) is 4.61. The van der Waals surface area contributed by atoms with Crippen molar-refractivity contribution in [1.82, 2.24) is 5.32 Å². The molecular formula is C9H21NO2S. The molecule has 0 heterocycles. The smallest absolute Gasteiger partial charge is 0.169 e. The summed E-state index contributed by atoms with van der Waals surface area (Å²) in [5, 5.41) is 3.35. The molecule has 80 valence electrons. The summed E-state index contributed by atoms with van der Waals surface area (Å²) in [4.78, 5) is 0. The molecule has 0 rings (SSSR count). The van der Waals surface area contributed by atoms with Crippen LogP contribution in [0.3, 0.4) is 0 Å². The molecule has 0 aliphatic heterocycles. The van der Waals surface area contributed by atoms with Gasteiger partial charge in [-0.1, -0.05) is 6.92 Å². The lowest BCUT2D eigenvalue weighted by molar-refractivity contribution is -0.0994. The lowest BCUT2D eigenvalue weighted by atomic mass is 10.4. The summed E-state index contributed by atoms with van der Waals surface area (Å²) in [7, 11) is 3.31. The van der Waals surface area contributed by atoms with Gasteiger partial charge in [0.2, 0.25) is 0 Å². The predicted molar refractivity (Wildman–Crippen MR) is 58.3 cm³/mol. The van der Waals surface area contributed by atoms with Gasteiger partial charge in [0.05, 0.1) is 0 Å². The number of thioether (sulfide) groups is 1. The van der Waals surface area contributed by atoms with Crippen LogP contribution >= 0.6 is 11.8 Å². The normalized spacial score (nSPS) is 13.6. The molecule has 0 spiro atoms. The average molecular weight is 207 g/mol. The van der Waals surface area contributed by atoms with Gasteiger partial charge in [-0.2, -0.15) is 11.8 Å². The standard InChI is InChI=1S/C9H21NO2S/c1-5-13-7-8(2)10-6-9(11-3)12-4/h8-10H,5-7H2,1-4H3/t8-/m1/s1. The number of methoxy groups -OCH3 is 2. The van der Waals surface area contributed by atoms with Crippen molar-refractivity contribution < 1.29 is 9.47 Å². The number of hydrogen-bond acceptors (Lipinski definition) is 4. The van der Waals surface area contributed by atoms with Gasteiger partial charge in [-0.05, 0) is 12.7 Å². The molecule has 0 aliphatic rings. The first kappa shape index (κ1) is 13.2. The van der Waals surface area contributed by atoms with Crippen molar-refractivity contribution in [2.45, 2.75) is 26.2 Å². The Labute approximate surface area is 85.6 Å². The van der Waals surface area contributed by atoms with Crippen molar-refractivity contribution in [2.24, 2.45) is 0 Å². The van der Waals surface area contributed by atoms with Crippen molar-refractivity contribution in [3.05, 3.63) is 0 Å². The number of hydrogen-bond donors (Lipinski definition) is 1. The third-order valence-electron chi connectivity index (χ3n) is 1.73. The van der Waals surface area contributed by atoms with Crippen LogP contribution in [0.25, 0.3) is 0 Å². The molecule has 1 atom stereocenters. The molecule has 3 nitrogen and oxygen atoms in total. The van der Waals surface area contributed by atoms with Crippen LogP contribution in [0.4, 0.5) is 0 Å². The minimum atomic E-state index is -0.130. The molecule has 0 saturated heterocycles. The molecule has 1 N–H and O–H groups in total. The highest BCUT2D eigenvalue weighted by molar-refractivity contribution is 7.99. The van der Waals surface area contributed by atoms with E-state index in [4.69, 9.17) is 9.47 Å². The number of rotatable bonds is 8. The van der Waals surface area contributed by atoms with E-state index in [9.17, 15) is 0 Å². The first-order valence-corrected chi connectivity index (χ1v) is 5.76. The fourth-order valence-corrected chi connectivity index (χ4v) is 1.62. The molecule has 0 unspecified atom stereocenters. The van der Waals surface area contributed by atoms with E-state index in [0.717, 1.165) is 12.3 Å². The Morgan fingerprint density at radius 2 is 1.92 bits per heavy atom. The summed E-state index contributed by atoms with van der Waals surface area (Å²) in [6.45, 7) is 5.09. The van der Waals surface area contributed by atoms with Gasteiger partial charge in [0.1, 0.15) is 0 Å². The van der Waals surface area contributed by atoms with Gasteiger partial charge >= 0.3 is 0 Å². The van der Waals surface area contributed by atoms with Crippen molar-refractivity contribution in [3.63, 3.8) is 0 Å². The SMILES string of the molecule is CCSC[C@@H](C)NCC(OC)OC. The van der Waals surface area contributed by atoms with Crippen LogP contribution in [-0.2, 0) is 9.47 Å². The van der Waals surface area contributed by atoms with Crippen LogP contribution in [-0.4, -0.2) is 44.6 Å². The highest BCUT2D eigenvalue weighted by atomic mass is 32.2. The van der Waals surface area contributed by atoms with Gasteiger partial charge in [-0.15, -0.1) is 0 Å². The summed E-state index contributed by atoms with van der Waals surface area (Å²) in [6, 6.07) is 0.512. The van der Waals surface area contributed by atoms with Crippen LogP contribution in [0.2, 0.25) is 0 Å². The predicted octanol–water partition coefficient (Wildman–Crippen LogP) is 1.34.